The molecule has 0 aliphatic rings. The second kappa shape index (κ2) is 14.5. The number of rotatable bonds is 13. The van der Waals surface area contributed by atoms with E-state index >= 15 is 0 Å². The van der Waals surface area contributed by atoms with Gasteiger partial charge in [-0.25, -0.2) is 4.79 Å². The van der Waals surface area contributed by atoms with Gasteiger partial charge >= 0.3 is 17.9 Å². The molecular weight excluding hydrogens is 490 g/mol. The van der Waals surface area contributed by atoms with Crippen molar-refractivity contribution in [1.82, 2.24) is 4.90 Å². The van der Waals surface area contributed by atoms with E-state index in [0.717, 1.165) is 18.8 Å². The van der Waals surface area contributed by atoms with E-state index in [9.17, 15) is 19.5 Å². The van der Waals surface area contributed by atoms with Crippen LogP contribution in [0.4, 0.5) is 0 Å². The topological polar surface area (TPSA) is 165 Å². The minimum Gasteiger partial charge on any atom is -0.491 e. The molecule has 0 spiro atoms. The van der Waals surface area contributed by atoms with Gasteiger partial charge in [-0.15, -0.1) is 11.3 Å². The Hall–Kier alpha value is -2.99. The maximum Gasteiger partial charge on any atom is 0.336 e. The maximum atomic E-state index is 10.3. The molecule has 1 atom stereocenters. The Kier molecular flexibility index (Phi) is 12.5. The van der Waals surface area contributed by atoms with E-state index in [0.29, 0.717) is 6.54 Å². The number of aliphatic hydroxyl groups excluding tert-OH is 1. The molecule has 0 saturated heterocycles. The van der Waals surface area contributed by atoms with Gasteiger partial charge in [0.15, 0.2) is 5.60 Å². The third-order valence-corrected chi connectivity index (χ3v) is 5.65. The molecule has 0 fully saturated rings. The summed E-state index contributed by atoms with van der Waals surface area (Å²) >= 11 is 1.82. The van der Waals surface area contributed by atoms with Crippen molar-refractivity contribution in [1.29, 1.82) is 0 Å². The molecule has 0 radical (unpaired) electrons. The van der Waals surface area contributed by atoms with Crippen molar-refractivity contribution in [2.45, 2.75) is 71.4 Å². The summed E-state index contributed by atoms with van der Waals surface area (Å²) < 4.78 is 5.77. The van der Waals surface area contributed by atoms with E-state index in [1.807, 2.05) is 44.2 Å². The Labute approximate surface area is 214 Å². The second-order valence-electron chi connectivity index (χ2n) is 8.82. The van der Waals surface area contributed by atoms with Crippen molar-refractivity contribution in [2.75, 3.05) is 6.54 Å². The minimum absolute atomic E-state index is 0.174. The predicted molar refractivity (Wildman–Crippen MR) is 134 cm³/mol. The van der Waals surface area contributed by atoms with Crippen molar-refractivity contribution in [3.05, 3.63) is 51.7 Å². The van der Waals surface area contributed by atoms with Crippen LogP contribution in [-0.2, 0) is 27.5 Å². The van der Waals surface area contributed by atoms with Gasteiger partial charge in [0.1, 0.15) is 5.75 Å². The fraction of sp³-hybridized carbons (Fsp3) is 0.480. The molecule has 0 aliphatic carbocycles. The van der Waals surface area contributed by atoms with Crippen molar-refractivity contribution >= 4 is 29.2 Å². The van der Waals surface area contributed by atoms with Crippen LogP contribution in [0.15, 0.2) is 36.4 Å². The first-order chi connectivity index (χ1) is 16.7. The summed E-state index contributed by atoms with van der Waals surface area (Å²) in [6.45, 7) is 10.4. The first kappa shape index (κ1) is 31.0. The maximum absolute atomic E-state index is 10.3. The summed E-state index contributed by atoms with van der Waals surface area (Å²) in [7, 11) is 0. The summed E-state index contributed by atoms with van der Waals surface area (Å²) in [4.78, 5) is 35.4. The number of aliphatic hydroxyl groups is 2. The lowest BCUT2D eigenvalue weighted by molar-refractivity contribution is -0.170. The minimum atomic E-state index is -2.74. The molecule has 1 unspecified atom stereocenters. The lowest BCUT2D eigenvalue weighted by Crippen LogP contribution is -2.42. The normalized spacial score (nSPS) is 12.1. The highest BCUT2D eigenvalue weighted by Gasteiger charge is 2.40. The van der Waals surface area contributed by atoms with Crippen LogP contribution in [0.2, 0.25) is 0 Å². The van der Waals surface area contributed by atoms with E-state index in [2.05, 4.69) is 36.1 Å². The molecule has 10 nitrogen and oxygen atoms in total. The highest BCUT2D eigenvalue weighted by atomic mass is 32.1. The Bertz CT molecular complexity index is 987. The highest BCUT2D eigenvalue weighted by Crippen LogP contribution is 2.21. The Morgan fingerprint density at radius 1 is 1.00 bits per heavy atom. The Balaban J connectivity index is 0.000000426. The number of aliphatic carboxylic acids is 3. The standard InChI is InChI=1S/C19H27NO2S.C6H8O7/c1-14(2)22-18-7-5-6-17(10-18)12-20(11-15(3)21)13-19-9-8-16(4)23-19;7-3(8)1-6(13,5(11)12)2-4(9)10/h5-10,14-15,21H,11-13H2,1-4H3;13H,1-2H2,(H,7,8)(H,9,10)(H,11,12). The quantitative estimate of drug-likeness (QED) is 0.262. The number of benzene rings is 1. The van der Waals surface area contributed by atoms with Crippen molar-refractivity contribution in [2.24, 2.45) is 0 Å². The summed E-state index contributed by atoms with van der Waals surface area (Å²) in [5.41, 5.74) is -1.53. The molecule has 0 aliphatic heterocycles. The first-order valence-corrected chi connectivity index (χ1v) is 12.1. The number of nitrogens with zero attached hydrogens (tertiary/aromatic N) is 1. The largest absolute Gasteiger partial charge is 0.491 e. The first-order valence-electron chi connectivity index (χ1n) is 11.3. The van der Waals surface area contributed by atoms with Crippen LogP contribution in [0.3, 0.4) is 0 Å². The van der Waals surface area contributed by atoms with Crippen LogP contribution in [0.1, 0.15) is 48.9 Å². The van der Waals surface area contributed by atoms with Crippen LogP contribution in [0.5, 0.6) is 5.75 Å². The lowest BCUT2D eigenvalue weighted by Gasteiger charge is -2.23. The highest BCUT2D eigenvalue weighted by molar-refractivity contribution is 7.11. The second-order valence-corrected chi connectivity index (χ2v) is 10.2. The number of hydrogen-bond acceptors (Lipinski definition) is 8. The molecular formula is C25H35NO9S. The van der Waals surface area contributed by atoms with Gasteiger partial charge in [0.05, 0.1) is 25.0 Å². The average Bonchev–Trinajstić information content (AvgIpc) is 3.11. The van der Waals surface area contributed by atoms with Gasteiger partial charge in [-0.1, -0.05) is 12.1 Å². The lowest BCUT2D eigenvalue weighted by atomic mass is 9.96. The molecule has 200 valence electrons. The van der Waals surface area contributed by atoms with Crippen LogP contribution in [0, 0.1) is 6.92 Å². The molecule has 0 bridgehead atoms. The summed E-state index contributed by atoms with van der Waals surface area (Å²) in [5, 5.41) is 43.6. The van der Waals surface area contributed by atoms with E-state index < -0.39 is 36.4 Å². The molecule has 11 heteroatoms. The van der Waals surface area contributed by atoms with Crippen molar-refractivity contribution in [3.63, 3.8) is 0 Å². The van der Waals surface area contributed by atoms with E-state index in [4.69, 9.17) is 25.2 Å². The van der Waals surface area contributed by atoms with Crippen molar-refractivity contribution < 1.29 is 44.7 Å². The molecule has 2 rings (SSSR count). The van der Waals surface area contributed by atoms with Crippen LogP contribution in [-0.4, -0.2) is 72.7 Å². The van der Waals surface area contributed by atoms with Crippen LogP contribution < -0.4 is 4.74 Å². The van der Waals surface area contributed by atoms with Gasteiger partial charge < -0.3 is 30.3 Å². The molecule has 5 N–H and O–H groups in total. The molecule has 1 aromatic carbocycles. The van der Waals surface area contributed by atoms with Gasteiger partial charge in [0, 0.05) is 29.4 Å². The van der Waals surface area contributed by atoms with Gasteiger partial charge in [0.2, 0.25) is 0 Å². The Morgan fingerprint density at radius 3 is 2.06 bits per heavy atom. The molecule has 0 saturated carbocycles. The molecule has 0 amide bonds. The summed E-state index contributed by atoms with van der Waals surface area (Å²) in [6.07, 6.45) is -2.46. The number of carboxylic acid groups (broad SMARTS) is 3. The molecule has 2 aromatic rings. The van der Waals surface area contributed by atoms with E-state index in [1.54, 1.807) is 0 Å². The third kappa shape index (κ3) is 12.1. The SMILES string of the molecule is Cc1ccc(CN(Cc2cccc(OC(C)C)c2)CC(C)O)s1.O=C(O)CC(O)(CC(=O)O)C(=O)O. The fourth-order valence-corrected chi connectivity index (χ4v) is 4.24. The number of carboxylic acids is 3. The predicted octanol–water partition coefficient (Wildman–Crippen LogP) is 2.98. The van der Waals surface area contributed by atoms with Gasteiger partial charge in [0.25, 0.3) is 0 Å². The van der Waals surface area contributed by atoms with Crippen LogP contribution in [0.25, 0.3) is 0 Å². The van der Waals surface area contributed by atoms with Gasteiger partial charge in [-0.2, -0.15) is 0 Å². The zero-order valence-electron chi connectivity index (χ0n) is 20.9. The molecule has 36 heavy (non-hydrogen) atoms. The van der Waals surface area contributed by atoms with E-state index in [-0.39, 0.29) is 12.2 Å². The zero-order chi connectivity index (χ0) is 27.5. The number of aryl methyl sites for hydroxylation is 1. The van der Waals surface area contributed by atoms with Crippen LogP contribution >= 0.6 is 11.3 Å². The van der Waals surface area contributed by atoms with Crippen molar-refractivity contribution in [3.8, 4) is 5.75 Å². The van der Waals surface area contributed by atoms with Gasteiger partial charge in [-0.3, -0.25) is 14.5 Å². The number of hydrogen-bond donors (Lipinski definition) is 5. The molecule has 1 aromatic heterocycles. The summed E-state index contributed by atoms with van der Waals surface area (Å²) in [5.74, 6) is -4.11. The Morgan fingerprint density at radius 2 is 1.61 bits per heavy atom. The summed E-state index contributed by atoms with van der Waals surface area (Å²) in [6, 6.07) is 12.6. The third-order valence-electron chi connectivity index (χ3n) is 4.66. The zero-order valence-corrected chi connectivity index (χ0v) is 21.7. The van der Waals surface area contributed by atoms with Gasteiger partial charge in [-0.05, 0) is 57.5 Å². The monoisotopic (exact) mass is 525 g/mol. The smallest absolute Gasteiger partial charge is 0.336 e. The molecule has 1 heterocycles. The average molecular weight is 526 g/mol. The van der Waals surface area contributed by atoms with E-state index in [1.165, 1.54) is 15.3 Å². The number of carbonyl (C=O) groups is 3. The number of thiophene rings is 1. The number of ether oxygens (including phenoxy) is 1. The fourth-order valence-electron chi connectivity index (χ4n) is 3.31.